The number of nitrogens with zero attached hydrogens (tertiary/aromatic N) is 2. The van der Waals surface area contributed by atoms with Crippen molar-refractivity contribution in [1.29, 1.82) is 0 Å². The lowest BCUT2D eigenvalue weighted by Gasteiger charge is -2.35. The molecule has 5 heteroatoms. The second-order valence-corrected chi connectivity index (χ2v) is 9.33. The van der Waals surface area contributed by atoms with Crippen LogP contribution in [-0.4, -0.2) is 47.8 Å². The SMILES string of the molecule is CC(C)(C)C(=O)N1CCC(C(=O)NCc2ccc(CN3CCCC3)cc2)CC1. The molecule has 2 fully saturated rings. The van der Waals surface area contributed by atoms with Crippen LogP contribution < -0.4 is 5.32 Å². The molecule has 2 heterocycles. The standard InChI is InChI=1S/C23H35N3O2/c1-23(2,3)22(28)26-14-10-20(11-15-26)21(27)24-16-18-6-8-19(9-7-18)17-25-12-4-5-13-25/h6-9,20H,4-5,10-17H2,1-3H3,(H,24,27). The van der Waals surface area contributed by atoms with Gasteiger partial charge in [-0.15, -0.1) is 0 Å². The van der Waals surface area contributed by atoms with E-state index in [9.17, 15) is 9.59 Å². The van der Waals surface area contributed by atoms with E-state index >= 15 is 0 Å². The molecule has 0 saturated carbocycles. The number of hydrogen-bond donors (Lipinski definition) is 1. The summed E-state index contributed by atoms with van der Waals surface area (Å²) >= 11 is 0. The average molecular weight is 386 g/mol. The third-order valence-corrected chi connectivity index (χ3v) is 5.89. The number of benzene rings is 1. The van der Waals surface area contributed by atoms with Gasteiger partial charge in [0.1, 0.15) is 0 Å². The van der Waals surface area contributed by atoms with Crippen molar-refractivity contribution in [3.05, 3.63) is 35.4 Å². The number of piperidine rings is 1. The molecule has 28 heavy (non-hydrogen) atoms. The maximum absolute atomic E-state index is 12.5. The average Bonchev–Trinajstić information content (AvgIpc) is 3.19. The fourth-order valence-corrected chi connectivity index (χ4v) is 4.11. The molecule has 0 bridgehead atoms. The monoisotopic (exact) mass is 385 g/mol. The Hall–Kier alpha value is -1.88. The van der Waals surface area contributed by atoms with E-state index in [0.29, 0.717) is 19.6 Å². The summed E-state index contributed by atoms with van der Waals surface area (Å²) in [6.07, 6.45) is 4.13. The molecule has 1 aromatic rings. The molecule has 2 saturated heterocycles. The number of amides is 2. The van der Waals surface area contributed by atoms with E-state index in [-0.39, 0.29) is 23.1 Å². The largest absolute Gasteiger partial charge is 0.352 e. The van der Waals surface area contributed by atoms with Crippen molar-refractivity contribution < 1.29 is 9.59 Å². The molecule has 1 aromatic carbocycles. The van der Waals surface area contributed by atoms with Gasteiger partial charge in [0, 0.05) is 37.5 Å². The van der Waals surface area contributed by atoms with E-state index in [1.807, 2.05) is 25.7 Å². The van der Waals surface area contributed by atoms with Crippen molar-refractivity contribution in [3.8, 4) is 0 Å². The fourth-order valence-electron chi connectivity index (χ4n) is 4.11. The van der Waals surface area contributed by atoms with Crippen molar-refractivity contribution in [2.45, 2.75) is 59.5 Å². The van der Waals surface area contributed by atoms with Crippen LogP contribution in [0.4, 0.5) is 0 Å². The van der Waals surface area contributed by atoms with Crippen LogP contribution in [0.2, 0.25) is 0 Å². The van der Waals surface area contributed by atoms with E-state index in [1.54, 1.807) is 0 Å². The Labute approximate surface area is 169 Å². The Balaban J connectivity index is 1.41. The van der Waals surface area contributed by atoms with Gasteiger partial charge in [-0.1, -0.05) is 45.0 Å². The molecule has 154 valence electrons. The lowest BCUT2D eigenvalue weighted by molar-refractivity contribution is -0.142. The normalized spacial score (nSPS) is 19.0. The predicted molar refractivity (Wildman–Crippen MR) is 112 cm³/mol. The van der Waals surface area contributed by atoms with E-state index in [2.05, 4.69) is 34.5 Å². The Morgan fingerprint density at radius 2 is 1.54 bits per heavy atom. The van der Waals surface area contributed by atoms with Crippen LogP contribution in [0.1, 0.15) is 57.6 Å². The molecular weight excluding hydrogens is 350 g/mol. The molecule has 0 aromatic heterocycles. The lowest BCUT2D eigenvalue weighted by Crippen LogP contribution is -2.46. The molecule has 0 unspecified atom stereocenters. The van der Waals surface area contributed by atoms with Crippen LogP contribution in [0, 0.1) is 11.3 Å². The Morgan fingerprint density at radius 3 is 2.11 bits per heavy atom. The Bertz CT molecular complexity index is 664. The molecule has 5 nitrogen and oxygen atoms in total. The molecule has 0 spiro atoms. The highest BCUT2D eigenvalue weighted by molar-refractivity contribution is 5.82. The van der Waals surface area contributed by atoms with Gasteiger partial charge in [-0.25, -0.2) is 0 Å². The topological polar surface area (TPSA) is 52.7 Å². The number of carbonyl (C=O) groups is 2. The molecule has 1 N–H and O–H groups in total. The highest BCUT2D eigenvalue weighted by Gasteiger charge is 2.32. The van der Waals surface area contributed by atoms with Crippen LogP contribution in [0.3, 0.4) is 0 Å². The summed E-state index contributed by atoms with van der Waals surface area (Å²) in [5, 5.41) is 3.08. The first-order chi connectivity index (χ1) is 13.3. The van der Waals surface area contributed by atoms with Crippen LogP contribution in [0.15, 0.2) is 24.3 Å². The highest BCUT2D eigenvalue weighted by atomic mass is 16.2. The van der Waals surface area contributed by atoms with Crippen LogP contribution in [0.5, 0.6) is 0 Å². The zero-order valence-electron chi connectivity index (χ0n) is 17.7. The molecule has 0 radical (unpaired) electrons. The van der Waals surface area contributed by atoms with Crippen molar-refractivity contribution in [2.24, 2.45) is 11.3 Å². The maximum atomic E-state index is 12.5. The molecule has 2 aliphatic rings. The van der Waals surface area contributed by atoms with Gasteiger partial charge in [0.05, 0.1) is 0 Å². The smallest absolute Gasteiger partial charge is 0.227 e. The number of likely N-dealkylation sites (tertiary alicyclic amines) is 2. The number of carbonyl (C=O) groups excluding carboxylic acids is 2. The fraction of sp³-hybridized carbons (Fsp3) is 0.652. The van der Waals surface area contributed by atoms with Gasteiger partial charge in [-0.3, -0.25) is 14.5 Å². The van der Waals surface area contributed by atoms with Crippen molar-refractivity contribution >= 4 is 11.8 Å². The minimum atomic E-state index is -0.351. The second-order valence-electron chi connectivity index (χ2n) is 9.33. The van der Waals surface area contributed by atoms with Crippen molar-refractivity contribution in [3.63, 3.8) is 0 Å². The predicted octanol–water partition coefficient (Wildman–Crippen LogP) is 3.18. The van der Waals surface area contributed by atoms with Crippen molar-refractivity contribution in [1.82, 2.24) is 15.1 Å². The van der Waals surface area contributed by atoms with Gasteiger partial charge in [0.15, 0.2) is 0 Å². The quantitative estimate of drug-likeness (QED) is 0.847. The molecule has 0 atom stereocenters. The number of rotatable bonds is 5. The van der Waals surface area contributed by atoms with E-state index < -0.39 is 0 Å². The first-order valence-electron chi connectivity index (χ1n) is 10.7. The zero-order valence-corrected chi connectivity index (χ0v) is 17.7. The molecule has 0 aliphatic carbocycles. The summed E-state index contributed by atoms with van der Waals surface area (Å²) in [6, 6.07) is 8.60. The Morgan fingerprint density at radius 1 is 0.964 bits per heavy atom. The maximum Gasteiger partial charge on any atom is 0.227 e. The van der Waals surface area contributed by atoms with Crippen LogP contribution in [-0.2, 0) is 22.7 Å². The lowest BCUT2D eigenvalue weighted by atomic mass is 9.90. The molecule has 2 amide bonds. The summed E-state index contributed by atoms with van der Waals surface area (Å²) in [7, 11) is 0. The number of hydrogen-bond acceptors (Lipinski definition) is 3. The summed E-state index contributed by atoms with van der Waals surface area (Å²) in [6.45, 7) is 11.2. The zero-order chi connectivity index (χ0) is 20.1. The van der Waals surface area contributed by atoms with E-state index in [1.165, 1.54) is 31.5 Å². The van der Waals surface area contributed by atoms with Crippen LogP contribution >= 0.6 is 0 Å². The summed E-state index contributed by atoms with van der Waals surface area (Å²) in [4.78, 5) is 29.3. The van der Waals surface area contributed by atoms with Gasteiger partial charge >= 0.3 is 0 Å². The molecular formula is C23H35N3O2. The van der Waals surface area contributed by atoms with Gasteiger partial charge in [0.2, 0.25) is 11.8 Å². The summed E-state index contributed by atoms with van der Waals surface area (Å²) < 4.78 is 0. The van der Waals surface area contributed by atoms with E-state index in [4.69, 9.17) is 0 Å². The minimum Gasteiger partial charge on any atom is -0.352 e. The summed E-state index contributed by atoms with van der Waals surface area (Å²) in [5.41, 5.74) is 2.13. The van der Waals surface area contributed by atoms with Gasteiger partial charge in [-0.05, 0) is 49.9 Å². The molecule has 3 rings (SSSR count). The van der Waals surface area contributed by atoms with Gasteiger partial charge in [-0.2, -0.15) is 0 Å². The van der Waals surface area contributed by atoms with E-state index in [0.717, 1.165) is 24.9 Å². The van der Waals surface area contributed by atoms with Gasteiger partial charge in [0.25, 0.3) is 0 Å². The van der Waals surface area contributed by atoms with Crippen LogP contribution in [0.25, 0.3) is 0 Å². The third kappa shape index (κ3) is 5.57. The number of nitrogens with one attached hydrogen (secondary N) is 1. The third-order valence-electron chi connectivity index (χ3n) is 5.89. The highest BCUT2D eigenvalue weighted by Crippen LogP contribution is 2.23. The summed E-state index contributed by atoms with van der Waals surface area (Å²) in [5.74, 6) is 0.308. The first kappa shape index (κ1) is 20.8. The Kier molecular flexibility index (Phi) is 6.76. The molecule has 2 aliphatic heterocycles. The minimum absolute atomic E-state index is 0.0125. The van der Waals surface area contributed by atoms with Crippen molar-refractivity contribution in [2.75, 3.05) is 26.2 Å². The second kappa shape index (κ2) is 9.08. The van der Waals surface area contributed by atoms with Gasteiger partial charge < -0.3 is 10.2 Å². The first-order valence-corrected chi connectivity index (χ1v) is 10.7.